The van der Waals surface area contributed by atoms with Crippen molar-refractivity contribution < 1.29 is 18.3 Å². The fourth-order valence-corrected chi connectivity index (χ4v) is 2.80. The van der Waals surface area contributed by atoms with Crippen LogP contribution in [0.1, 0.15) is 26.7 Å². The van der Waals surface area contributed by atoms with E-state index >= 15 is 0 Å². The molecule has 0 saturated carbocycles. The first-order chi connectivity index (χ1) is 9.77. The summed E-state index contributed by atoms with van der Waals surface area (Å²) in [6.45, 7) is 3.64. The predicted molar refractivity (Wildman–Crippen MR) is 81.3 cm³/mol. The average molecular weight is 311 g/mol. The van der Waals surface area contributed by atoms with Crippen molar-refractivity contribution in [1.29, 1.82) is 0 Å². The first-order valence-electron chi connectivity index (χ1n) is 6.75. The van der Waals surface area contributed by atoms with Crippen molar-refractivity contribution in [3.05, 3.63) is 41.8 Å². The lowest BCUT2D eigenvalue weighted by atomic mass is 10.0. The van der Waals surface area contributed by atoms with Crippen LogP contribution in [0.15, 0.2) is 46.7 Å². The molecule has 1 rings (SSSR count). The van der Waals surface area contributed by atoms with Gasteiger partial charge in [-0.1, -0.05) is 31.5 Å². The molecule has 21 heavy (non-hydrogen) atoms. The standard InChI is InChI=1S/C15H21NO4S/c1-3-10-15(2,18)12-16-14(17)9-11-21(19,20)13-7-5-4-6-8-13/h4-9,11,18H,3,10,12H2,1-2H3,(H,16,17)/b11-9+. The number of nitrogens with one attached hydrogen (secondary N) is 1. The van der Waals surface area contributed by atoms with E-state index in [-0.39, 0.29) is 11.4 Å². The van der Waals surface area contributed by atoms with E-state index < -0.39 is 21.3 Å². The molecule has 0 saturated heterocycles. The van der Waals surface area contributed by atoms with Gasteiger partial charge in [0.1, 0.15) is 0 Å². The molecule has 0 spiro atoms. The maximum atomic E-state index is 11.9. The highest BCUT2D eigenvalue weighted by Crippen LogP contribution is 2.11. The van der Waals surface area contributed by atoms with Gasteiger partial charge >= 0.3 is 0 Å². The molecule has 1 aromatic carbocycles. The zero-order chi connectivity index (χ0) is 15.9. The van der Waals surface area contributed by atoms with Crippen LogP contribution in [-0.2, 0) is 14.6 Å². The maximum absolute atomic E-state index is 11.9. The Morgan fingerprint density at radius 2 is 1.95 bits per heavy atom. The number of aliphatic hydroxyl groups is 1. The van der Waals surface area contributed by atoms with Gasteiger partial charge < -0.3 is 10.4 Å². The zero-order valence-corrected chi connectivity index (χ0v) is 13.1. The molecule has 5 nitrogen and oxygen atoms in total. The molecule has 0 aliphatic carbocycles. The summed E-state index contributed by atoms with van der Waals surface area (Å²) in [7, 11) is -3.62. The molecule has 116 valence electrons. The van der Waals surface area contributed by atoms with Gasteiger partial charge in [0.2, 0.25) is 5.91 Å². The lowest BCUT2D eigenvalue weighted by molar-refractivity contribution is -0.117. The van der Waals surface area contributed by atoms with Crippen LogP contribution in [0.3, 0.4) is 0 Å². The molecule has 1 aromatic rings. The van der Waals surface area contributed by atoms with Gasteiger partial charge in [-0.15, -0.1) is 0 Å². The van der Waals surface area contributed by atoms with E-state index in [0.717, 1.165) is 17.9 Å². The minimum Gasteiger partial charge on any atom is -0.388 e. The fraction of sp³-hybridized carbons (Fsp3) is 0.400. The molecule has 0 aromatic heterocycles. The molecular formula is C15H21NO4S. The van der Waals surface area contributed by atoms with E-state index in [0.29, 0.717) is 6.42 Å². The van der Waals surface area contributed by atoms with Gasteiger partial charge in [-0.2, -0.15) is 0 Å². The second-order valence-corrected chi connectivity index (χ2v) is 6.96. The molecule has 0 bridgehead atoms. The first kappa shape index (κ1) is 17.4. The van der Waals surface area contributed by atoms with Crippen molar-refractivity contribution in [2.75, 3.05) is 6.54 Å². The molecule has 1 unspecified atom stereocenters. The summed E-state index contributed by atoms with van der Waals surface area (Å²) in [6, 6.07) is 7.87. The molecule has 0 aliphatic heterocycles. The third-order valence-electron chi connectivity index (χ3n) is 2.90. The van der Waals surface area contributed by atoms with Crippen LogP contribution in [0.5, 0.6) is 0 Å². The van der Waals surface area contributed by atoms with Crippen LogP contribution in [0.2, 0.25) is 0 Å². The molecule has 0 fully saturated rings. The summed E-state index contributed by atoms with van der Waals surface area (Å²) in [5, 5.41) is 13.3. The third-order valence-corrected chi connectivity index (χ3v) is 4.33. The summed E-state index contributed by atoms with van der Waals surface area (Å²) in [6.07, 6.45) is 2.31. The normalized spacial score (nSPS) is 14.8. The van der Waals surface area contributed by atoms with Gasteiger partial charge in [0.15, 0.2) is 9.84 Å². The number of rotatable bonds is 7. The predicted octanol–water partition coefficient (Wildman–Crippen LogP) is 1.64. The SMILES string of the molecule is CCCC(C)(O)CNC(=O)/C=C/S(=O)(=O)c1ccccc1. The van der Waals surface area contributed by atoms with E-state index in [4.69, 9.17) is 0 Å². The quantitative estimate of drug-likeness (QED) is 0.750. The molecule has 2 N–H and O–H groups in total. The van der Waals surface area contributed by atoms with Crippen molar-refractivity contribution in [2.24, 2.45) is 0 Å². The van der Waals surface area contributed by atoms with Crippen LogP contribution < -0.4 is 5.32 Å². The second-order valence-electron chi connectivity index (χ2n) is 5.13. The Hall–Kier alpha value is -1.66. The average Bonchev–Trinajstić information content (AvgIpc) is 2.44. The molecule has 0 heterocycles. The number of carbonyl (C=O) groups excluding carboxylic acids is 1. The van der Waals surface area contributed by atoms with E-state index in [1.807, 2.05) is 6.92 Å². The van der Waals surface area contributed by atoms with E-state index in [1.54, 1.807) is 25.1 Å². The summed E-state index contributed by atoms with van der Waals surface area (Å²) < 4.78 is 23.8. The van der Waals surface area contributed by atoms with Gasteiger partial charge in [0, 0.05) is 18.0 Å². The summed E-state index contributed by atoms with van der Waals surface area (Å²) in [4.78, 5) is 11.7. The molecule has 1 atom stereocenters. The Kier molecular flexibility index (Phi) is 6.11. The molecule has 0 aliphatic rings. The van der Waals surface area contributed by atoms with Crippen molar-refractivity contribution in [2.45, 2.75) is 37.2 Å². The maximum Gasteiger partial charge on any atom is 0.244 e. The number of hydrogen-bond donors (Lipinski definition) is 2. The van der Waals surface area contributed by atoms with Crippen molar-refractivity contribution in [3.63, 3.8) is 0 Å². The number of carbonyl (C=O) groups is 1. The highest BCUT2D eigenvalue weighted by Gasteiger charge is 2.19. The highest BCUT2D eigenvalue weighted by molar-refractivity contribution is 7.94. The van der Waals surface area contributed by atoms with Crippen LogP contribution in [0.4, 0.5) is 0 Å². The number of amides is 1. The van der Waals surface area contributed by atoms with Gasteiger partial charge in [-0.05, 0) is 25.5 Å². The lowest BCUT2D eigenvalue weighted by Crippen LogP contribution is -2.39. The van der Waals surface area contributed by atoms with Crippen molar-refractivity contribution in [3.8, 4) is 0 Å². The number of sulfone groups is 1. The molecule has 0 radical (unpaired) electrons. The zero-order valence-electron chi connectivity index (χ0n) is 12.2. The van der Waals surface area contributed by atoms with Crippen molar-refractivity contribution >= 4 is 15.7 Å². The summed E-state index contributed by atoms with van der Waals surface area (Å²) >= 11 is 0. The molecule has 6 heteroatoms. The fourth-order valence-electron chi connectivity index (χ4n) is 1.80. The van der Waals surface area contributed by atoms with E-state index in [1.165, 1.54) is 12.1 Å². The molecule has 1 amide bonds. The Morgan fingerprint density at radius 1 is 1.33 bits per heavy atom. The smallest absolute Gasteiger partial charge is 0.244 e. The van der Waals surface area contributed by atoms with E-state index in [9.17, 15) is 18.3 Å². The first-order valence-corrected chi connectivity index (χ1v) is 8.30. The van der Waals surface area contributed by atoms with Gasteiger partial charge in [-0.25, -0.2) is 8.42 Å². The van der Waals surface area contributed by atoms with Gasteiger partial charge in [0.25, 0.3) is 0 Å². The summed E-state index contributed by atoms with van der Waals surface area (Å²) in [5.74, 6) is -0.550. The topological polar surface area (TPSA) is 83.5 Å². The highest BCUT2D eigenvalue weighted by atomic mass is 32.2. The lowest BCUT2D eigenvalue weighted by Gasteiger charge is -2.22. The van der Waals surface area contributed by atoms with Crippen LogP contribution in [0, 0.1) is 0 Å². The minimum absolute atomic E-state index is 0.0788. The van der Waals surface area contributed by atoms with Crippen LogP contribution >= 0.6 is 0 Å². The van der Waals surface area contributed by atoms with E-state index in [2.05, 4.69) is 5.32 Å². The Balaban J connectivity index is 2.63. The largest absolute Gasteiger partial charge is 0.388 e. The Labute approximate surface area is 125 Å². The van der Waals surface area contributed by atoms with Crippen LogP contribution in [0.25, 0.3) is 0 Å². The molecular weight excluding hydrogens is 290 g/mol. The van der Waals surface area contributed by atoms with Gasteiger partial charge in [-0.3, -0.25) is 4.79 Å². The summed E-state index contributed by atoms with van der Waals surface area (Å²) in [5.41, 5.74) is -0.990. The monoisotopic (exact) mass is 311 g/mol. The Morgan fingerprint density at radius 3 is 2.52 bits per heavy atom. The Bertz CT molecular complexity index is 591. The second kappa shape index (κ2) is 7.38. The van der Waals surface area contributed by atoms with Crippen LogP contribution in [-0.4, -0.2) is 31.6 Å². The number of hydrogen-bond acceptors (Lipinski definition) is 4. The van der Waals surface area contributed by atoms with Crippen molar-refractivity contribution in [1.82, 2.24) is 5.32 Å². The number of benzene rings is 1. The van der Waals surface area contributed by atoms with Gasteiger partial charge in [0.05, 0.1) is 10.5 Å². The minimum atomic E-state index is -3.62. The third kappa shape index (κ3) is 6.10.